The molecule has 198 valence electrons. The second kappa shape index (κ2) is 11.7. The lowest BCUT2D eigenvalue weighted by Crippen LogP contribution is -2.51. The van der Waals surface area contributed by atoms with Crippen LogP contribution in [-0.2, 0) is 29.2 Å². The number of benzene rings is 3. The molecule has 1 N–H and O–H groups in total. The van der Waals surface area contributed by atoms with Gasteiger partial charge in [-0.1, -0.05) is 72.8 Å². The number of nitrogens with zero attached hydrogens (tertiary/aromatic N) is 2. The molecule has 39 heavy (non-hydrogen) atoms. The Labute approximate surface area is 226 Å². The lowest BCUT2D eigenvalue weighted by molar-refractivity contribution is -0.155. The average molecular weight is 525 g/mol. The van der Waals surface area contributed by atoms with Crippen LogP contribution in [0.5, 0.6) is 17.4 Å². The molecule has 3 aromatic carbocycles. The summed E-state index contributed by atoms with van der Waals surface area (Å²) >= 11 is 0. The van der Waals surface area contributed by atoms with Gasteiger partial charge in [0.1, 0.15) is 12.6 Å². The van der Waals surface area contributed by atoms with Crippen molar-refractivity contribution in [3.8, 4) is 17.4 Å². The number of carbonyl (C=O) groups is 2. The van der Waals surface area contributed by atoms with E-state index < -0.39 is 24.0 Å². The Bertz CT molecular complexity index is 1430. The Morgan fingerprint density at radius 2 is 1.69 bits per heavy atom. The maximum Gasteiger partial charge on any atom is 0.326 e. The number of fused-ring (bicyclic) bond motifs is 1. The van der Waals surface area contributed by atoms with Crippen molar-refractivity contribution in [3.05, 3.63) is 119 Å². The zero-order valence-corrected chi connectivity index (χ0v) is 21.4. The van der Waals surface area contributed by atoms with E-state index >= 15 is 0 Å². The standard InChI is InChI=1S/C31H28N2O6/c1-37-26-16-15-23-19-33(25(31(35)36)18-24(23)29(26)38-20-21-10-4-2-5-11-21)30(34)28(22-12-6-3-7-13-22)39-27-14-8-9-17-32-27/h2-17,25,28H,18-20H2,1H3,(H,35,36). The summed E-state index contributed by atoms with van der Waals surface area (Å²) in [7, 11) is 1.55. The van der Waals surface area contributed by atoms with Crippen molar-refractivity contribution in [2.45, 2.75) is 31.7 Å². The number of ether oxygens (including phenoxy) is 3. The van der Waals surface area contributed by atoms with Gasteiger partial charge in [0.05, 0.1) is 7.11 Å². The Kier molecular flexibility index (Phi) is 7.73. The molecule has 1 aromatic heterocycles. The van der Waals surface area contributed by atoms with Crippen LogP contribution in [0.3, 0.4) is 0 Å². The van der Waals surface area contributed by atoms with Gasteiger partial charge in [0.2, 0.25) is 12.0 Å². The highest BCUT2D eigenvalue weighted by Crippen LogP contribution is 2.39. The van der Waals surface area contributed by atoms with Crippen LogP contribution in [0.4, 0.5) is 0 Å². The van der Waals surface area contributed by atoms with Crippen LogP contribution < -0.4 is 14.2 Å². The molecule has 1 aliphatic heterocycles. The molecule has 0 radical (unpaired) electrons. The smallest absolute Gasteiger partial charge is 0.326 e. The molecule has 0 saturated heterocycles. The normalized spacial score (nSPS) is 15.1. The van der Waals surface area contributed by atoms with Gasteiger partial charge in [-0.05, 0) is 23.3 Å². The fraction of sp³-hybridized carbons (Fsp3) is 0.194. The van der Waals surface area contributed by atoms with Gasteiger partial charge in [-0.2, -0.15) is 0 Å². The molecule has 0 fully saturated rings. The van der Waals surface area contributed by atoms with Crippen molar-refractivity contribution >= 4 is 11.9 Å². The second-order valence-corrected chi connectivity index (χ2v) is 9.11. The highest BCUT2D eigenvalue weighted by Gasteiger charge is 2.40. The van der Waals surface area contributed by atoms with Crippen LogP contribution in [-0.4, -0.2) is 40.0 Å². The first-order valence-electron chi connectivity index (χ1n) is 12.6. The molecular weight excluding hydrogens is 496 g/mol. The molecule has 4 aromatic rings. The minimum atomic E-state index is -1.13. The van der Waals surface area contributed by atoms with E-state index in [1.807, 2.05) is 42.5 Å². The van der Waals surface area contributed by atoms with Crippen LogP contribution in [0, 0.1) is 0 Å². The topological polar surface area (TPSA) is 98.2 Å². The van der Waals surface area contributed by atoms with Gasteiger partial charge in [0, 0.05) is 36.4 Å². The maximum atomic E-state index is 14.0. The predicted octanol–water partition coefficient (Wildman–Crippen LogP) is 4.83. The number of carboxylic acid groups (broad SMARTS) is 1. The predicted molar refractivity (Wildman–Crippen MR) is 143 cm³/mol. The van der Waals surface area contributed by atoms with E-state index in [-0.39, 0.29) is 18.8 Å². The maximum absolute atomic E-state index is 14.0. The van der Waals surface area contributed by atoms with Crippen LogP contribution in [0.15, 0.2) is 97.2 Å². The van der Waals surface area contributed by atoms with E-state index in [0.717, 1.165) is 11.1 Å². The van der Waals surface area contributed by atoms with Gasteiger partial charge < -0.3 is 24.2 Å². The number of amides is 1. The largest absolute Gasteiger partial charge is 0.493 e. The van der Waals surface area contributed by atoms with Crippen molar-refractivity contribution in [1.82, 2.24) is 9.88 Å². The van der Waals surface area contributed by atoms with E-state index in [9.17, 15) is 14.7 Å². The zero-order valence-electron chi connectivity index (χ0n) is 21.4. The van der Waals surface area contributed by atoms with Crippen LogP contribution >= 0.6 is 0 Å². The van der Waals surface area contributed by atoms with E-state index in [1.54, 1.807) is 61.8 Å². The Hall–Kier alpha value is -4.85. The second-order valence-electron chi connectivity index (χ2n) is 9.11. The first kappa shape index (κ1) is 25.8. The molecule has 0 spiro atoms. The Morgan fingerprint density at radius 3 is 2.36 bits per heavy atom. The van der Waals surface area contributed by atoms with Crippen molar-refractivity contribution in [2.24, 2.45) is 0 Å². The Balaban J connectivity index is 1.48. The Morgan fingerprint density at radius 1 is 0.974 bits per heavy atom. The van der Waals surface area contributed by atoms with E-state index in [1.165, 1.54) is 4.90 Å². The fourth-order valence-electron chi connectivity index (χ4n) is 4.69. The number of hydrogen-bond donors (Lipinski definition) is 1. The highest BCUT2D eigenvalue weighted by atomic mass is 16.5. The summed E-state index contributed by atoms with van der Waals surface area (Å²) < 4.78 is 17.8. The summed E-state index contributed by atoms with van der Waals surface area (Å²) in [6.07, 6.45) is 0.559. The quantitative estimate of drug-likeness (QED) is 0.335. The molecule has 8 heteroatoms. The number of aromatic nitrogens is 1. The number of hydrogen-bond acceptors (Lipinski definition) is 6. The van der Waals surface area contributed by atoms with E-state index in [0.29, 0.717) is 29.2 Å². The molecule has 2 atom stereocenters. The molecule has 0 bridgehead atoms. The number of rotatable bonds is 9. The third-order valence-corrected chi connectivity index (χ3v) is 6.65. The summed E-state index contributed by atoms with van der Waals surface area (Å²) in [5, 5.41) is 10.2. The third-order valence-electron chi connectivity index (χ3n) is 6.65. The van der Waals surface area contributed by atoms with Crippen molar-refractivity contribution in [3.63, 3.8) is 0 Å². The van der Waals surface area contributed by atoms with E-state index in [2.05, 4.69) is 4.98 Å². The van der Waals surface area contributed by atoms with E-state index in [4.69, 9.17) is 14.2 Å². The average Bonchev–Trinajstić information content (AvgIpc) is 2.99. The molecule has 5 rings (SSSR count). The number of methoxy groups -OCH3 is 1. The van der Waals surface area contributed by atoms with Crippen LogP contribution in [0.2, 0.25) is 0 Å². The monoisotopic (exact) mass is 524 g/mol. The molecule has 2 unspecified atom stereocenters. The minimum absolute atomic E-state index is 0.0584. The number of carboxylic acids is 1. The summed E-state index contributed by atoms with van der Waals surface area (Å²) in [4.78, 5) is 32.1. The van der Waals surface area contributed by atoms with Crippen LogP contribution in [0.1, 0.15) is 28.4 Å². The first-order valence-corrected chi connectivity index (χ1v) is 12.6. The van der Waals surface area contributed by atoms with Gasteiger partial charge in [-0.25, -0.2) is 9.78 Å². The van der Waals surface area contributed by atoms with Gasteiger partial charge in [0.15, 0.2) is 11.5 Å². The molecule has 1 aliphatic rings. The lowest BCUT2D eigenvalue weighted by atomic mass is 9.91. The number of aliphatic carboxylic acids is 1. The fourth-order valence-corrected chi connectivity index (χ4v) is 4.69. The van der Waals surface area contributed by atoms with Crippen LogP contribution in [0.25, 0.3) is 0 Å². The molecule has 0 saturated carbocycles. The van der Waals surface area contributed by atoms with Crippen molar-refractivity contribution in [1.29, 1.82) is 0 Å². The first-order chi connectivity index (χ1) is 19.0. The molecule has 2 heterocycles. The molecule has 0 aliphatic carbocycles. The minimum Gasteiger partial charge on any atom is -0.493 e. The summed E-state index contributed by atoms with van der Waals surface area (Å²) in [5.41, 5.74) is 3.07. The summed E-state index contributed by atoms with van der Waals surface area (Å²) in [5.74, 6) is -0.316. The summed E-state index contributed by atoms with van der Waals surface area (Å²) in [6.45, 7) is 0.369. The summed E-state index contributed by atoms with van der Waals surface area (Å²) in [6, 6.07) is 26.4. The van der Waals surface area contributed by atoms with Crippen molar-refractivity contribution < 1.29 is 28.9 Å². The van der Waals surface area contributed by atoms with Gasteiger partial charge in [-0.3, -0.25) is 4.79 Å². The van der Waals surface area contributed by atoms with Crippen molar-refractivity contribution in [2.75, 3.05) is 7.11 Å². The molecule has 1 amide bonds. The van der Waals surface area contributed by atoms with Gasteiger partial charge in [0.25, 0.3) is 5.91 Å². The molecular formula is C31H28N2O6. The van der Waals surface area contributed by atoms with Gasteiger partial charge in [-0.15, -0.1) is 0 Å². The number of carbonyl (C=O) groups excluding carboxylic acids is 1. The third kappa shape index (κ3) is 5.70. The molecule has 8 nitrogen and oxygen atoms in total. The highest BCUT2D eigenvalue weighted by molar-refractivity contribution is 5.88. The number of pyridine rings is 1. The van der Waals surface area contributed by atoms with Gasteiger partial charge >= 0.3 is 5.97 Å². The zero-order chi connectivity index (χ0) is 27.2. The SMILES string of the molecule is COc1ccc2c(c1OCc1ccccc1)CC(C(=O)O)N(C(=O)C(Oc1ccccn1)c1ccccc1)C2. The lowest BCUT2D eigenvalue weighted by Gasteiger charge is -2.37.